The maximum atomic E-state index is 12.0. The quantitative estimate of drug-likeness (QED) is 0.858. The highest BCUT2D eigenvalue weighted by molar-refractivity contribution is 6.30. The van der Waals surface area contributed by atoms with Crippen LogP contribution in [-0.4, -0.2) is 29.1 Å². The number of carbonyl (C=O) groups excluding carboxylic acids is 1. The maximum Gasteiger partial charge on any atom is 0.246 e. The summed E-state index contributed by atoms with van der Waals surface area (Å²) in [5.41, 5.74) is 0.780. The van der Waals surface area contributed by atoms with Crippen molar-refractivity contribution >= 4 is 29.9 Å². The van der Waals surface area contributed by atoms with Crippen molar-refractivity contribution in [3.63, 3.8) is 0 Å². The molecular weight excluding hydrogens is 339 g/mol. The summed E-state index contributed by atoms with van der Waals surface area (Å²) in [6.45, 7) is 3.96. The molecule has 1 amide bonds. The molecule has 2 heterocycles. The molecule has 23 heavy (non-hydrogen) atoms. The number of benzene rings is 1. The largest absolute Gasteiger partial charge is 0.347 e. The molecule has 0 radical (unpaired) electrons. The molecule has 2 N–H and O–H groups in total. The Kier molecular flexibility index (Phi) is 5.98. The normalized spacial score (nSPS) is 15.4. The summed E-state index contributed by atoms with van der Waals surface area (Å²) < 4.78 is 5.16. The zero-order valence-electron chi connectivity index (χ0n) is 12.6. The first kappa shape index (κ1) is 17.7. The fourth-order valence-electron chi connectivity index (χ4n) is 2.27. The number of amides is 1. The van der Waals surface area contributed by atoms with Gasteiger partial charge in [0.15, 0.2) is 0 Å². The lowest BCUT2D eigenvalue weighted by Crippen LogP contribution is -2.49. The standard InChI is InChI=1S/C15H17ClN4O2.ClH/c1-9(11-6-17-7-11)15(21)18-8-13-19-14(20-22-13)10-3-2-4-12(16)5-10;/h2-5,9,11,17H,6-8H2,1H3,(H,18,21);1H. The maximum absolute atomic E-state index is 12.0. The Hall–Kier alpha value is -1.63. The molecular formula is C15H18Cl2N4O2. The van der Waals surface area contributed by atoms with Crippen LogP contribution in [0.3, 0.4) is 0 Å². The third-order valence-electron chi connectivity index (χ3n) is 3.90. The third-order valence-corrected chi connectivity index (χ3v) is 4.13. The topological polar surface area (TPSA) is 80.1 Å². The molecule has 1 aromatic carbocycles. The first-order valence-electron chi connectivity index (χ1n) is 7.20. The molecule has 1 aliphatic rings. The molecule has 0 aliphatic carbocycles. The Morgan fingerprint density at radius 3 is 2.96 bits per heavy atom. The molecule has 8 heteroatoms. The van der Waals surface area contributed by atoms with Gasteiger partial charge in [-0.1, -0.05) is 35.8 Å². The summed E-state index contributed by atoms with van der Waals surface area (Å²) in [6, 6.07) is 7.22. The minimum atomic E-state index is -0.0171. The molecule has 2 aromatic rings. The fourth-order valence-corrected chi connectivity index (χ4v) is 2.46. The number of carbonyl (C=O) groups is 1. The molecule has 1 atom stereocenters. The minimum Gasteiger partial charge on any atom is -0.347 e. The van der Waals surface area contributed by atoms with Gasteiger partial charge in [0.25, 0.3) is 0 Å². The lowest BCUT2D eigenvalue weighted by Gasteiger charge is -2.31. The SMILES string of the molecule is CC(C(=O)NCc1nc(-c2cccc(Cl)c2)no1)C1CNC1.Cl. The zero-order valence-corrected chi connectivity index (χ0v) is 14.2. The molecule has 0 saturated carbocycles. The highest BCUT2D eigenvalue weighted by Gasteiger charge is 2.28. The van der Waals surface area contributed by atoms with Crippen LogP contribution >= 0.6 is 24.0 Å². The highest BCUT2D eigenvalue weighted by Crippen LogP contribution is 2.20. The second-order valence-electron chi connectivity index (χ2n) is 5.45. The van der Waals surface area contributed by atoms with Crippen molar-refractivity contribution in [3.05, 3.63) is 35.2 Å². The van der Waals surface area contributed by atoms with Crippen molar-refractivity contribution in [1.29, 1.82) is 0 Å². The summed E-state index contributed by atoms with van der Waals surface area (Å²) in [5, 5.41) is 10.5. The summed E-state index contributed by atoms with van der Waals surface area (Å²) in [5.74, 6) is 1.24. The van der Waals surface area contributed by atoms with Crippen LogP contribution in [0.15, 0.2) is 28.8 Å². The molecule has 6 nitrogen and oxygen atoms in total. The van der Waals surface area contributed by atoms with E-state index >= 15 is 0 Å². The fraction of sp³-hybridized carbons (Fsp3) is 0.400. The van der Waals surface area contributed by atoms with E-state index in [1.54, 1.807) is 12.1 Å². The van der Waals surface area contributed by atoms with Gasteiger partial charge < -0.3 is 15.2 Å². The van der Waals surface area contributed by atoms with E-state index in [0.717, 1.165) is 18.7 Å². The van der Waals surface area contributed by atoms with Gasteiger partial charge in [0, 0.05) is 16.5 Å². The first-order chi connectivity index (χ1) is 10.6. The van der Waals surface area contributed by atoms with Crippen LogP contribution in [0.2, 0.25) is 5.02 Å². The molecule has 1 aromatic heterocycles. The second kappa shape index (κ2) is 7.77. The smallest absolute Gasteiger partial charge is 0.246 e. The van der Waals surface area contributed by atoms with Gasteiger partial charge in [-0.3, -0.25) is 4.79 Å². The van der Waals surface area contributed by atoms with Crippen molar-refractivity contribution in [1.82, 2.24) is 20.8 Å². The van der Waals surface area contributed by atoms with E-state index in [-0.39, 0.29) is 30.8 Å². The Morgan fingerprint density at radius 1 is 1.52 bits per heavy atom. The Bertz CT molecular complexity index is 673. The predicted molar refractivity (Wildman–Crippen MR) is 89.4 cm³/mol. The van der Waals surface area contributed by atoms with Crippen LogP contribution in [0, 0.1) is 11.8 Å². The number of nitrogens with zero attached hydrogens (tertiary/aromatic N) is 2. The second-order valence-corrected chi connectivity index (χ2v) is 5.88. The minimum absolute atomic E-state index is 0. The van der Waals surface area contributed by atoms with E-state index in [9.17, 15) is 4.79 Å². The monoisotopic (exact) mass is 356 g/mol. The van der Waals surface area contributed by atoms with Crippen molar-refractivity contribution < 1.29 is 9.32 Å². The molecule has 1 saturated heterocycles. The van der Waals surface area contributed by atoms with Crippen LogP contribution in [0.1, 0.15) is 12.8 Å². The molecule has 1 fully saturated rings. The van der Waals surface area contributed by atoms with Gasteiger partial charge in [0.05, 0.1) is 6.54 Å². The van der Waals surface area contributed by atoms with Crippen molar-refractivity contribution in [2.24, 2.45) is 11.8 Å². The molecule has 3 rings (SSSR count). The van der Waals surface area contributed by atoms with Crippen molar-refractivity contribution in [2.45, 2.75) is 13.5 Å². The van der Waals surface area contributed by atoms with Crippen LogP contribution in [0.4, 0.5) is 0 Å². The van der Waals surface area contributed by atoms with Crippen LogP contribution in [0.25, 0.3) is 11.4 Å². The van der Waals surface area contributed by atoms with Crippen LogP contribution < -0.4 is 10.6 Å². The summed E-state index contributed by atoms with van der Waals surface area (Å²) >= 11 is 5.94. The molecule has 0 spiro atoms. The molecule has 0 bridgehead atoms. The van der Waals surface area contributed by atoms with Gasteiger partial charge in [-0.15, -0.1) is 12.4 Å². The number of rotatable bonds is 5. The van der Waals surface area contributed by atoms with Crippen molar-refractivity contribution in [3.8, 4) is 11.4 Å². The van der Waals surface area contributed by atoms with E-state index < -0.39 is 0 Å². The van der Waals surface area contributed by atoms with Gasteiger partial charge in [-0.2, -0.15) is 4.98 Å². The number of hydrogen-bond acceptors (Lipinski definition) is 5. The Balaban J connectivity index is 0.00000192. The highest BCUT2D eigenvalue weighted by atomic mass is 35.5. The zero-order chi connectivity index (χ0) is 15.5. The number of halogens is 2. The third kappa shape index (κ3) is 4.22. The van der Waals surface area contributed by atoms with Gasteiger partial charge in [0.2, 0.25) is 17.6 Å². The van der Waals surface area contributed by atoms with E-state index in [1.807, 2.05) is 19.1 Å². The summed E-state index contributed by atoms with van der Waals surface area (Å²) in [6.07, 6.45) is 0. The molecule has 124 valence electrons. The summed E-state index contributed by atoms with van der Waals surface area (Å²) in [4.78, 5) is 16.3. The van der Waals surface area contributed by atoms with E-state index in [4.69, 9.17) is 16.1 Å². The Labute approximate surface area is 145 Å². The van der Waals surface area contributed by atoms with Gasteiger partial charge >= 0.3 is 0 Å². The molecule has 1 aliphatic heterocycles. The lowest BCUT2D eigenvalue weighted by atomic mass is 9.88. The van der Waals surface area contributed by atoms with Crippen LogP contribution in [0.5, 0.6) is 0 Å². The number of aromatic nitrogens is 2. The van der Waals surface area contributed by atoms with Gasteiger partial charge in [0.1, 0.15) is 0 Å². The summed E-state index contributed by atoms with van der Waals surface area (Å²) in [7, 11) is 0. The predicted octanol–water partition coefficient (Wildman–Crippen LogP) is 2.28. The average molecular weight is 357 g/mol. The van der Waals surface area contributed by atoms with E-state index in [0.29, 0.717) is 22.7 Å². The lowest BCUT2D eigenvalue weighted by molar-refractivity contribution is -0.127. The Morgan fingerprint density at radius 2 is 2.30 bits per heavy atom. The molecule has 1 unspecified atom stereocenters. The van der Waals surface area contributed by atoms with E-state index in [1.165, 1.54) is 0 Å². The first-order valence-corrected chi connectivity index (χ1v) is 7.58. The van der Waals surface area contributed by atoms with Crippen LogP contribution in [-0.2, 0) is 11.3 Å². The number of nitrogens with one attached hydrogen (secondary N) is 2. The van der Waals surface area contributed by atoms with Gasteiger partial charge in [-0.25, -0.2) is 0 Å². The van der Waals surface area contributed by atoms with Crippen molar-refractivity contribution in [2.75, 3.05) is 13.1 Å². The van der Waals surface area contributed by atoms with Gasteiger partial charge in [-0.05, 0) is 31.1 Å². The average Bonchev–Trinajstić information content (AvgIpc) is 2.91. The number of hydrogen-bond donors (Lipinski definition) is 2. The van der Waals surface area contributed by atoms with E-state index in [2.05, 4.69) is 20.8 Å².